The van der Waals surface area contributed by atoms with Gasteiger partial charge in [0.05, 0.1) is 0 Å². The Kier molecular flexibility index (Phi) is 12.3. The molecule has 0 rings (SSSR count). The molecule has 25 heavy (non-hydrogen) atoms. The molecule has 0 atom stereocenters. The predicted octanol–water partition coefficient (Wildman–Crippen LogP) is 0.116. The lowest BCUT2D eigenvalue weighted by Crippen LogP contribution is -2.37. The lowest BCUT2D eigenvalue weighted by Gasteiger charge is -2.19. The molecule has 11 heteroatoms. The maximum Gasteiger partial charge on any atom is 0.392 e. The molecule has 0 amide bonds. The van der Waals surface area contributed by atoms with Crippen molar-refractivity contribution in [2.24, 2.45) is 0 Å². The minimum absolute atomic E-state index is 0.172. The maximum absolute atomic E-state index is 10.8. The van der Waals surface area contributed by atoms with Crippen LogP contribution in [-0.2, 0) is 29.7 Å². The molecule has 0 saturated carbocycles. The van der Waals surface area contributed by atoms with Crippen LogP contribution in [0.5, 0.6) is 0 Å². The van der Waals surface area contributed by atoms with E-state index in [-0.39, 0.29) is 21.2 Å². The number of carbonyl (C=O) groups excluding carboxylic acids is 2. The standard InChI is InChI=1S/2C7H14NO2.H2O4S/c2*1-6(2)7(9)10-8(3,4)5;1-5(2,3)4/h2*1H2,2-5H3;(H2,1,2,3,4)/q2*+1;/p-2. The Morgan fingerprint density at radius 1 is 0.760 bits per heavy atom. The molecule has 148 valence electrons. The zero-order valence-corrected chi connectivity index (χ0v) is 16.8. The van der Waals surface area contributed by atoms with Crippen LogP contribution in [-0.4, -0.2) is 81.0 Å². The molecule has 0 bridgehead atoms. The molecule has 0 saturated heterocycles. The molecule has 0 aromatic heterocycles. The first kappa shape index (κ1) is 28.0. The van der Waals surface area contributed by atoms with Gasteiger partial charge in [-0.2, -0.15) is 0 Å². The van der Waals surface area contributed by atoms with E-state index in [4.69, 9.17) is 27.2 Å². The molecule has 0 aliphatic heterocycles. The first-order chi connectivity index (χ1) is 10.7. The van der Waals surface area contributed by atoms with Crippen LogP contribution in [0.1, 0.15) is 13.8 Å². The topological polar surface area (TPSA) is 133 Å². The summed E-state index contributed by atoms with van der Waals surface area (Å²) in [5, 5.41) is 0. The van der Waals surface area contributed by atoms with E-state index in [1.807, 2.05) is 0 Å². The number of hydrogen-bond donors (Lipinski definition) is 0. The zero-order valence-electron chi connectivity index (χ0n) is 16.0. The number of hydrogen-bond acceptors (Lipinski definition) is 8. The summed E-state index contributed by atoms with van der Waals surface area (Å²) in [6.07, 6.45) is 0. The van der Waals surface area contributed by atoms with Crippen LogP contribution in [0, 0.1) is 0 Å². The van der Waals surface area contributed by atoms with E-state index in [1.54, 1.807) is 56.1 Å². The summed E-state index contributed by atoms with van der Waals surface area (Å²) in [5.41, 5.74) is 0.848. The van der Waals surface area contributed by atoms with Gasteiger partial charge in [-0.05, 0) is 13.8 Å². The summed E-state index contributed by atoms with van der Waals surface area (Å²) in [4.78, 5) is 31.4. The molecule has 0 N–H and O–H groups in total. The number of quaternary nitrogens is 2. The molecule has 0 aromatic carbocycles. The van der Waals surface area contributed by atoms with Crippen LogP contribution in [0.2, 0.25) is 0 Å². The molecule has 0 unspecified atom stereocenters. The van der Waals surface area contributed by atoms with Gasteiger partial charge in [0.1, 0.15) is 42.3 Å². The summed E-state index contributed by atoms with van der Waals surface area (Å²) >= 11 is 0. The Morgan fingerprint density at radius 2 is 0.920 bits per heavy atom. The van der Waals surface area contributed by atoms with Crippen LogP contribution in [0.3, 0.4) is 0 Å². The predicted molar refractivity (Wildman–Crippen MR) is 88.4 cm³/mol. The summed E-state index contributed by atoms with van der Waals surface area (Å²) in [5.74, 6) is -0.708. The molecule has 10 nitrogen and oxygen atoms in total. The average Bonchev–Trinajstić information content (AvgIpc) is 2.22. The van der Waals surface area contributed by atoms with E-state index in [0.29, 0.717) is 11.1 Å². The zero-order chi connectivity index (χ0) is 21.2. The van der Waals surface area contributed by atoms with Crippen molar-refractivity contribution < 1.29 is 46.1 Å². The van der Waals surface area contributed by atoms with E-state index in [1.165, 1.54) is 0 Å². The Morgan fingerprint density at radius 3 is 0.960 bits per heavy atom. The highest BCUT2D eigenvalue weighted by Crippen LogP contribution is 1.99. The van der Waals surface area contributed by atoms with Gasteiger partial charge in [0, 0.05) is 21.5 Å². The fraction of sp³-hybridized carbons (Fsp3) is 0.571. The number of rotatable bonds is 4. The van der Waals surface area contributed by atoms with Crippen LogP contribution in [0.25, 0.3) is 0 Å². The van der Waals surface area contributed by atoms with Crippen LogP contribution >= 0.6 is 0 Å². The van der Waals surface area contributed by atoms with E-state index in [2.05, 4.69) is 13.2 Å². The second kappa shape index (κ2) is 10.9. The molecular weight excluding hydrogens is 356 g/mol. The molecule has 0 heterocycles. The van der Waals surface area contributed by atoms with E-state index in [0.717, 1.165) is 0 Å². The molecule has 0 aliphatic carbocycles. The van der Waals surface area contributed by atoms with Gasteiger partial charge in [-0.1, -0.05) is 13.2 Å². The number of carbonyl (C=O) groups is 2. The van der Waals surface area contributed by atoms with Gasteiger partial charge in [-0.3, -0.25) is 18.1 Å². The van der Waals surface area contributed by atoms with Gasteiger partial charge in [-0.25, -0.2) is 9.59 Å². The molecule has 0 radical (unpaired) electrons. The molecule has 0 aliphatic rings. The van der Waals surface area contributed by atoms with Gasteiger partial charge >= 0.3 is 11.9 Å². The average molecular weight is 384 g/mol. The highest BCUT2D eigenvalue weighted by Gasteiger charge is 2.16. The third-order valence-corrected chi connectivity index (χ3v) is 1.41. The van der Waals surface area contributed by atoms with Crippen molar-refractivity contribution in [1.29, 1.82) is 0 Å². The monoisotopic (exact) mass is 384 g/mol. The van der Waals surface area contributed by atoms with Crippen LogP contribution in [0.15, 0.2) is 24.3 Å². The summed E-state index contributed by atoms with van der Waals surface area (Å²) in [7, 11) is 5.42. The lowest BCUT2D eigenvalue weighted by atomic mass is 10.4. The summed E-state index contributed by atoms with van der Waals surface area (Å²) < 4.78 is 34.4. The number of hydroxylamine groups is 6. The van der Waals surface area contributed by atoms with E-state index >= 15 is 0 Å². The fourth-order valence-corrected chi connectivity index (χ4v) is 0.653. The molecule has 0 aromatic rings. The van der Waals surface area contributed by atoms with Crippen molar-refractivity contribution >= 4 is 22.3 Å². The lowest BCUT2D eigenvalue weighted by molar-refractivity contribution is -1.04. The second-order valence-electron chi connectivity index (χ2n) is 6.51. The summed E-state index contributed by atoms with van der Waals surface area (Å²) in [6.45, 7) is 10.2. The Hall–Kier alpha value is -1.79. The Bertz CT molecular complexity index is 537. The largest absolute Gasteiger partial charge is 0.759 e. The third kappa shape index (κ3) is 34.5. The highest BCUT2D eigenvalue weighted by atomic mass is 32.3. The summed E-state index contributed by atoms with van der Waals surface area (Å²) in [6, 6.07) is 0. The normalized spacial score (nSPS) is 11.0. The smallest absolute Gasteiger partial charge is 0.392 e. The minimum atomic E-state index is -5.17. The van der Waals surface area contributed by atoms with Crippen molar-refractivity contribution in [3.05, 3.63) is 24.3 Å². The Balaban J connectivity index is -0.000000308. The van der Waals surface area contributed by atoms with Gasteiger partial charge < -0.3 is 9.11 Å². The van der Waals surface area contributed by atoms with E-state index < -0.39 is 10.4 Å². The SMILES string of the molecule is C=C(C)C(=O)O[N+](C)(C)C.C=C(C)C(=O)O[N+](C)(C)C.O=S(=O)([O-])[O-]. The first-order valence-electron chi connectivity index (χ1n) is 6.74. The number of nitrogens with zero attached hydrogens (tertiary/aromatic N) is 2. The van der Waals surface area contributed by atoms with Gasteiger partial charge in [-0.15, -0.1) is 9.29 Å². The van der Waals surface area contributed by atoms with Gasteiger partial charge in [0.15, 0.2) is 0 Å². The highest BCUT2D eigenvalue weighted by molar-refractivity contribution is 7.79. The minimum Gasteiger partial charge on any atom is -0.759 e. The fourth-order valence-electron chi connectivity index (χ4n) is 0.653. The van der Waals surface area contributed by atoms with Crippen molar-refractivity contribution in [2.75, 3.05) is 42.3 Å². The first-order valence-corrected chi connectivity index (χ1v) is 8.07. The van der Waals surface area contributed by atoms with Crippen molar-refractivity contribution in [3.8, 4) is 0 Å². The quantitative estimate of drug-likeness (QED) is 0.219. The van der Waals surface area contributed by atoms with Crippen LogP contribution in [0.4, 0.5) is 0 Å². The Labute approximate surface area is 149 Å². The molecule has 0 spiro atoms. The third-order valence-electron chi connectivity index (χ3n) is 1.41. The maximum atomic E-state index is 10.8. The second-order valence-corrected chi connectivity index (χ2v) is 7.32. The molecular formula is C14H28N2O8S. The van der Waals surface area contributed by atoms with Gasteiger partial charge in [0.25, 0.3) is 0 Å². The molecule has 0 fully saturated rings. The van der Waals surface area contributed by atoms with Crippen LogP contribution < -0.4 is 0 Å². The van der Waals surface area contributed by atoms with Crippen molar-refractivity contribution in [3.63, 3.8) is 0 Å². The van der Waals surface area contributed by atoms with Gasteiger partial charge in [0.2, 0.25) is 0 Å². The van der Waals surface area contributed by atoms with Crippen molar-refractivity contribution in [2.45, 2.75) is 13.8 Å². The van der Waals surface area contributed by atoms with Crippen molar-refractivity contribution in [1.82, 2.24) is 0 Å². The van der Waals surface area contributed by atoms with E-state index in [9.17, 15) is 9.59 Å².